The van der Waals surface area contributed by atoms with Gasteiger partial charge in [0.1, 0.15) is 5.82 Å². The molecule has 0 bridgehead atoms. The summed E-state index contributed by atoms with van der Waals surface area (Å²) in [5.41, 5.74) is 4.52. The molecule has 0 amide bonds. The number of fused-ring (bicyclic) bond motifs is 3. The number of nitrogens with zero attached hydrogens (tertiary/aromatic N) is 2. The smallest absolute Gasteiger partial charge is 0.138 e. The minimum Gasteiger partial charge on any atom is -0.294 e. The summed E-state index contributed by atoms with van der Waals surface area (Å²) in [4.78, 5) is 5.04. The molecule has 0 aliphatic carbocycles. The van der Waals surface area contributed by atoms with Gasteiger partial charge in [0.15, 0.2) is 0 Å². The van der Waals surface area contributed by atoms with E-state index in [0.717, 1.165) is 20.6 Å². The van der Waals surface area contributed by atoms with Crippen LogP contribution in [0.1, 0.15) is 0 Å². The van der Waals surface area contributed by atoms with Crippen LogP contribution in [0.5, 0.6) is 0 Å². The lowest BCUT2D eigenvalue weighted by Crippen LogP contribution is -2.00. The summed E-state index contributed by atoms with van der Waals surface area (Å²) in [6.45, 7) is 0. The maximum absolute atomic E-state index is 5.04. The van der Waals surface area contributed by atoms with Crippen LogP contribution in [0.25, 0.3) is 38.9 Å². The summed E-state index contributed by atoms with van der Waals surface area (Å²) >= 11 is 2.36. The van der Waals surface area contributed by atoms with E-state index in [1.807, 2.05) is 6.07 Å². The van der Waals surface area contributed by atoms with Gasteiger partial charge >= 0.3 is 0 Å². The summed E-state index contributed by atoms with van der Waals surface area (Å²) in [5.74, 6) is 0.946. The summed E-state index contributed by atoms with van der Waals surface area (Å²) in [6.07, 6.45) is 0. The van der Waals surface area contributed by atoms with Gasteiger partial charge in [0.05, 0.1) is 16.7 Å². The molecule has 2 aromatic heterocycles. The first-order chi connectivity index (χ1) is 12.8. The van der Waals surface area contributed by atoms with E-state index in [2.05, 4.69) is 112 Å². The summed E-state index contributed by atoms with van der Waals surface area (Å²) in [7, 11) is 0. The summed E-state index contributed by atoms with van der Waals surface area (Å²) in [5, 5.41) is 2.51. The van der Waals surface area contributed by atoms with Crippen molar-refractivity contribution < 1.29 is 0 Å². The molecule has 124 valence electrons. The molecule has 0 fully saturated rings. The number of hydrogen-bond donors (Lipinski definition) is 0. The number of halogens is 1. The Morgan fingerprint density at radius 3 is 1.85 bits per heavy atom. The highest BCUT2D eigenvalue weighted by Crippen LogP contribution is 2.32. The van der Waals surface area contributed by atoms with Crippen LogP contribution in [0.3, 0.4) is 0 Å². The fourth-order valence-electron chi connectivity index (χ4n) is 3.52. The number of aromatic nitrogens is 2. The number of rotatable bonds is 2. The molecule has 0 atom stereocenters. The van der Waals surface area contributed by atoms with Crippen LogP contribution in [0.4, 0.5) is 0 Å². The average molecular weight is 446 g/mol. The molecule has 0 aliphatic rings. The summed E-state index contributed by atoms with van der Waals surface area (Å²) in [6, 6.07) is 31.7. The predicted molar refractivity (Wildman–Crippen MR) is 117 cm³/mol. The SMILES string of the molecule is Ic1ccc(-n2c3ccccc3c3ccccc32)nc1-c1ccccc1. The van der Waals surface area contributed by atoms with E-state index < -0.39 is 0 Å². The lowest BCUT2D eigenvalue weighted by Gasteiger charge is -2.10. The third-order valence-corrected chi connectivity index (χ3v) is 5.56. The van der Waals surface area contributed by atoms with Crippen LogP contribution in [0.15, 0.2) is 91.0 Å². The maximum atomic E-state index is 5.04. The molecule has 0 unspecified atom stereocenters. The van der Waals surface area contributed by atoms with Gasteiger partial charge in [-0.25, -0.2) is 4.98 Å². The maximum Gasteiger partial charge on any atom is 0.138 e. The molecule has 0 radical (unpaired) electrons. The number of hydrogen-bond acceptors (Lipinski definition) is 1. The van der Waals surface area contributed by atoms with Crippen LogP contribution in [0.2, 0.25) is 0 Å². The van der Waals surface area contributed by atoms with Gasteiger partial charge in [-0.05, 0) is 46.9 Å². The Balaban J connectivity index is 1.84. The fraction of sp³-hybridized carbons (Fsp3) is 0. The van der Waals surface area contributed by atoms with E-state index in [0.29, 0.717) is 0 Å². The third kappa shape index (κ3) is 2.42. The molecule has 2 nitrogen and oxygen atoms in total. The van der Waals surface area contributed by atoms with Crippen LogP contribution in [-0.2, 0) is 0 Å². The normalized spacial score (nSPS) is 11.3. The zero-order valence-corrected chi connectivity index (χ0v) is 16.1. The highest BCUT2D eigenvalue weighted by Gasteiger charge is 2.14. The van der Waals surface area contributed by atoms with Crippen LogP contribution >= 0.6 is 22.6 Å². The molecule has 0 saturated heterocycles. The van der Waals surface area contributed by atoms with Crippen molar-refractivity contribution in [2.24, 2.45) is 0 Å². The molecule has 2 heterocycles. The van der Waals surface area contributed by atoms with Crippen molar-refractivity contribution in [3.8, 4) is 17.1 Å². The summed E-state index contributed by atoms with van der Waals surface area (Å²) < 4.78 is 3.41. The second-order valence-electron chi connectivity index (χ2n) is 6.24. The minimum atomic E-state index is 0.946. The van der Waals surface area contributed by atoms with Crippen LogP contribution < -0.4 is 0 Å². The number of benzene rings is 3. The molecule has 3 aromatic carbocycles. The Morgan fingerprint density at radius 1 is 0.615 bits per heavy atom. The monoisotopic (exact) mass is 446 g/mol. The Kier molecular flexibility index (Phi) is 3.75. The lowest BCUT2D eigenvalue weighted by atomic mass is 10.1. The number of para-hydroxylation sites is 2. The lowest BCUT2D eigenvalue weighted by molar-refractivity contribution is 1.08. The molecule has 5 aromatic rings. The molecule has 0 aliphatic heterocycles. The zero-order chi connectivity index (χ0) is 17.5. The third-order valence-electron chi connectivity index (χ3n) is 4.69. The molecule has 5 rings (SSSR count). The largest absolute Gasteiger partial charge is 0.294 e. The Bertz CT molecular complexity index is 1190. The first-order valence-electron chi connectivity index (χ1n) is 8.53. The molecule has 0 spiro atoms. The quantitative estimate of drug-likeness (QED) is 0.285. The highest BCUT2D eigenvalue weighted by atomic mass is 127. The van der Waals surface area contributed by atoms with Crippen molar-refractivity contribution in [3.05, 3.63) is 94.6 Å². The number of pyridine rings is 1. The van der Waals surface area contributed by atoms with E-state index in [-0.39, 0.29) is 0 Å². The highest BCUT2D eigenvalue weighted by molar-refractivity contribution is 14.1. The fourth-order valence-corrected chi connectivity index (χ4v) is 4.14. The van der Waals surface area contributed by atoms with Crippen molar-refractivity contribution in [2.75, 3.05) is 0 Å². The van der Waals surface area contributed by atoms with Gasteiger partial charge < -0.3 is 0 Å². The second kappa shape index (κ2) is 6.25. The first-order valence-corrected chi connectivity index (χ1v) is 9.61. The van der Waals surface area contributed by atoms with Gasteiger partial charge in [-0.1, -0.05) is 66.7 Å². The van der Waals surface area contributed by atoms with E-state index >= 15 is 0 Å². The minimum absolute atomic E-state index is 0.946. The van der Waals surface area contributed by atoms with Crippen molar-refractivity contribution in [3.63, 3.8) is 0 Å². The molecule has 0 N–H and O–H groups in total. The Morgan fingerprint density at radius 2 is 1.19 bits per heavy atom. The van der Waals surface area contributed by atoms with Gasteiger partial charge in [0, 0.05) is 19.9 Å². The van der Waals surface area contributed by atoms with E-state index in [4.69, 9.17) is 4.98 Å². The standard InChI is InChI=1S/C23H15IN2/c24-19-14-15-22(25-23(19)16-8-2-1-3-9-16)26-20-12-6-4-10-17(20)18-11-5-7-13-21(18)26/h1-15H. The van der Waals surface area contributed by atoms with Crippen LogP contribution in [0, 0.1) is 3.57 Å². The van der Waals surface area contributed by atoms with Crippen molar-refractivity contribution in [1.82, 2.24) is 9.55 Å². The van der Waals surface area contributed by atoms with Crippen LogP contribution in [-0.4, -0.2) is 9.55 Å². The van der Waals surface area contributed by atoms with E-state index in [9.17, 15) is 0 Å². The van der Waals surface area contributed by atoms with E-state index in [1.54, 1.807) is 0 Å². The molecule has 0 saturated carbocycles. The van der Waals surface area contributed by atoms with Gasteiger partial charge in [-0.15, -0.1) is 0 Å². The van der Waals surface area contributed by atoms with Gasteiger partial charge in [-0.3, -0.25) is 4.57 Å². The molecule has 3 heteroatoms. The molecular weight excluding hydrogens is 431 g/mol. The van der Waals surface area contributed by atoms with Gasteiger partial charge in [0.2, 0.25) is 0 Å². The van der Waals surface area contributed by atoms with Crippen molar-refractivity contribution in [1.29, 1.82) is 0 Å². The Labute approximate surface area is 165 Å². The van der Waals surface area contributed by atoms with E-state index in [1.165, 1.54) is 21.8 Å². The predicted octanol–water partition coefficient (Wildman–Crippen LogP) is 6.45. The molecule has 26 heavy (non-hydrogen) atoms. The van der Waals surface area contributed by atoms with Gasteiger partial charge in [-0.2, -0.15) is 0 Å². The topological polar surface area (TPSA) is 17.8 Å². The van der Waals surface area contributed by atoms with Crippen molar-refractivity contribution >= 4 is 44.4 Å². The van der Waals surface area contributed by atoms with Gasteiger partial charge in [0.25, 0.3) is 0 Å². The average Bonchev–Trinajstić information content (AvgIpc) is 3.04. The molecular formula is C23H15IN2. The first kappa shape index (κ1) is 15.6. The zero-order valence-electron chi connectivity index (χ0n) is 13.9. The van der Waals surface area contributed by atoms with Crippen molar-refractivity contribution in [2.45, 2.75) is 0 Å². The Hall–Kier alpha value is -2.66. The second-order valence-corrected chi connectivity index (χ2v) is 7.40.